The van der Waals surface area contributed by atoms with Gasteiger partial charge in [-0.2, -0.15) is 0 Å². The topological polar surface area (TPSA) is 63.1 Å². The first-order chi connectivity index (χ1) is 9.08. The van der Waals surface area contributed by atoms with Gasteiger partial charge in [0.2, 0.25) is 0 Å². The third-order valence-electron chi connectivity index (χ3n) is 2.68. The molecule has 1 aromatic heterocycles. The molecule has 0 aliphatic carbocycles. The molecule has 0 bridgehead atoms. The van der Waals surface area contributed by atoms with Crippen molar-refractivity contribution in [1.82, 2.24) is 9.97 Å². The van der Waals surface area contributed by atoms with Crippen molar-refractivity contribution in [3.63, 3.8) is 0 Å². The summed E-state index contributed by atoms with van der Waals surface area (Å²) in [5, 5.41) is 9.31. The Labute approximate surface area is 117 Å². The van der Waals surface area contributed by atoms with Crippen LogP contribution >= 0.6 is 15.9 Å². The summed E-state index contributed by atoms with van der Waals surface area (Å²) in [6.45, 7) is 0. The van der Waals surface area contributed by atoms with E-state index in [1.807, 2.05) is 0 Å². The Balaban J connectivity index is 2.29. The number of benzene rings is 1. The SMILES string of the molecule is O=C(O)C(Cc1ccc(F)cc1)c1ncncc1Br. The third-order valence-corrected chi connectivity index (χ3v) is 3.29. The molecule has 0 radical (unpaired) electrons. The predicted molar refractivity (Wildman–Crippen MR) is 70.2 cm³/mol. The van der Waals surface area contributed by atoms with Crippen LogP contribution in [0.25, 0.3) is 0 Å². The minimum Gasteiger partial charge on any atom is -0.481 e. The Morgan fingerprint density at radius 3 is 2.63 bits per heavy atom. The Kier molecular flexibility index (Phi) is 4.21. The summed E-state index contributed by atoms with van der Waals surface area (Å²) in [4.78, 5) is 19.2. The van der Waals surface area contributed by atoms with Crippen LogP contribution in [-0.4, -0.2) is 21.0 Å². The normalized spacial score (nSPS) is 12.1. The fraction of sp³-hybridized carbons (Fsp3) is 0.154. The second kappa shape index (κ2) is 5.88. The van der Waals surface area contributed by atoms with Crippen molar-refractivity contribution in [1.29, 1.82) is 0 Å². The highest BCUT2D eigenvalue weighted by Crippen LogP contribution is 2.25. The molecule has 1 heterocycles. The Morgan fingerprint density at radius 2 is 2.05 bits per heavy atom. The van der Waals surface area contributed by atoms with E-state index in [1.165, 1.54) is 24.7 Å². The maximum atomic E-state index is 12.8. The van der Waals surface area contributed by atoms with Crippen LogP contribution in [0.3, 0.4) is 0 Å². The van der Waals surface area contributed by atoms with Crippen LogP contribution in [0, 0.1) is 5.82 Å². The van der Waals surface area contributed by atoms with Gasteiger partial charge in [-0.1, -0.05) is 12.1 Å². The lowest BCUT2D eigenvalue weighted by molar-refractivity contribution is -0.138. The quantitative estimate of drug-likeness (QED) is 0.939. The molecule has 1 N–H and O–H groups in total. The number of carboxylic acid groups (broad SMARTS) is 1. The molecule has 0 aliphatic heterocycles. The van der Waals surface area contributed by atoms with E-state index >= 15 is 0 Å². The van der Waals surface area contributed by atoms with Crippen LogP contribution in [0.2, 0.25) is 0 Å². The number of nitrogens with zero attached hydrogens (tertiary/aromatic N) is 2. The first-order valence-electron chi connectivity index (χ1n) is 5.50. The summed E-state index contributed by atoms with van der Waals surface area (Å²) in [7, 11) is 0. The lowest BCUT2D eigenvalue weighted by Gasteiger charge is -2.13. The number of rotatable bonds is 4. The van der Waals surface area contributed by atoms with Crippen LogP contribution in [0.1, 0.15) is 17.2 Å². The second-order valence-electron chi connectivity index (χ2n) is 3.98. The largest absolute Gasteiger partial charge is 0.481 e. The maximum Gasteiger partial charge on any atom is 0.312 e. The van der Waals surface area contributed by atoms with E-state index in [0.717, 1.165) is 5.56 Å². The van der Waals surface area contributed by atoms with E-state index in [4.69, 9.17) is 0 Å². The van der Waals surface area contributed by atoms with Gasteiger partial charge in [0.25, 0.3) is 0 Å². The molecular formula is C13H10BrFN2O2. The van der Waals surface area contributed by atoms with Gasteiger partial charge in [-0.25, -0.2) is 14.4 Å². The molecule has 0 saturated heterocycles. The van der Waals surface area contributed by atoms with E-state index in [1.54, 1.807) is 12.1 Å². The van der Waals surface area contributed by atoms with E-state index in [9.17, 15) is 14.3 Å². The first-order valence-corrected chi connectivity index (χ1v) is 6.30. The Morgan fingerprint density at radius 1 is 1.37 bits per heavy atom. The summed E-state index contributed by atoms with van der Waals surface area (Å²) < 4.78 is 13.4. The molecule has 4 nitrogen and oxygen atoms in total. The number of carbonyl (C=O) groups is 1. The van der Waals surface area contributed by atoms with Crippen molar-refractivity contribution in [2.45, 2.75) is 12.3 Å². The van der Waals surface area contributed by atoms with Crippen LogP contribution < -0.4 is 0 Å². The van der Waals surface area contributed by atoms with Gasteiger partial charge >= 0.3 is 5.97 Å². The summed E-state index contributed by atoms with van der Waals surface area (Å²) in [6, 6.07) is 5.76. The Hall–Kier alpha value is -1.82. The molecule has 0 spiro atoms. The highest BCUT2D eigenvalue weighted by molar-refractivity contribution is 9.10. The minimum absolute atomic E-state index is 0.241. The second-order valence-corrected chi connectivity index (χ2v) is 4.83. The zero-order chi connectivity index (χ0) is 13.8. The first kappa shape index (κ1) is 13.6. The van der Waals surface area contributed by atoms with E-state index < -0.39 is 11.9 Å². The number of hydrogen-bond donors (Lipinski definition) is 1. The molecule has 1 aromatic carbocycles. The lowest BCUT2D eigenvalue weighted by atomic mass is 9.96. The van der Waals surface area contributed by atoms with Crippen molar-refractivity contribution < 1.29 is 14.3 Å². The zero-order valence-electron chi connectivity index (χ0n) is 9.75. The predicted octanol–water partition coefficient (Wildman–Crippen LogP) is 2.79. The maximum absolute atomic E-state index is 12.8. The minimum atomic E-state index is -0.983. The number of aromatic nitrogens is 2. The standard InChI is InChI=1S/C13H10BrFN2O2/c14-11-6-16-7-17-12(11)10(13(18)19)5-8-1-3-9(15)4-2-8/h1-4,6-7,10H,5H2,(H,18,19). The van der Waals surface area contributed by atoms with Crippen LogP contribution in [0.15, 0.2) is 41.3 Å². The van der Waals surface area contributed by atoms with Gasteiger partial charge in [-0.05, 0) is 40.0 Å². The fourth-order valence-corrected chi connectivity index (χ4v) is 2.23. The average Bonchev–Trinajstić information content (AvgIpc) is 2.39. The molecule has 6 heteroatoms. The van der Waals surface area contributed by atoms with E-state index in [2.05, 4.69) is 25.9 Å². The summed E-state index contributed by atoms with van der Waals surface area (Å²) in [5.74, 6) is -2.13. The van der Waals surface area contributed by atoms with E-state index in [0.29, 0.717) is 10.2 Å². The van der Waals surface area contributed by atoms with Crippen LogP contribution in [0.4, 0.5) is 4.39 Å². The number of aliphatic carboxylic acids is 1. The zero-order valence-corrected chi connectivity index (χ0v) is 11.3. The molecule has 2 aromatic rings. The average molecular weight is 325 g/mol. The molecule has 1 unspecified atom stereocenters. The molecule has 0 fully saturated rings. The fourth-order valence-electron chi connectivity index (χ4n) is 1.74. The molecule has 2 rings (SSSR count). The highest BCUT2D eigenvalue weighted by Gasteiger charge is 2.24. The van der Waals surface area contributed by atoms with Gasteiger partial charge in [-0.3, -0.25) is 4.79 Å². The molecule has 19 heavy (non-hydrogen) atoms. The van der Waals surface area contributed by atoms with Gasteiger partial charge in [0, 0.05) is 6.20 Å². The van der Waals surface area contributed by atoms with Gasteiger partial charge in [-0.15, -0.1) is 0 Å². The van der Waals surface area contributed by atoms with Crippen molar-refractivity contribution in [2.24, 2.45) is 0 Å². The van der Waals surface area contributed by atoms with Gasteiger partial charge in [0.15, 0.2) is 0 Å². The van der Waals surface area contributed by atoms with Crippen molar-refractivity contribution >= 4 is 21.9 Å². The molecule has 0 saturated carbocycles. The molecule has 0 aliphatic rings. The molecular weight excluding hydrogens is 315 g/mol. The number of carboxylic acids is 1. The van der Waals surface area contributed by atoms with Gasteiger partial charge in [0.05, 0.1) is 10.2 Å². The summed E-state index contributed by atoms with van der Waals surface area (Å²) >= 11 is 3.24. The van der Waals surface area contributed by atoms with E-state index in [-0.39, 0.29) is 12.2 Å². The lowest BCUT2D eigenvalue weighted by Crippen LogP contribution is -2.16. The van der Waals surface area contributed by atoms with Crippen LogP contribution in [0.5, 0.6) is 0 Å². The molecule has 1 atom stereocenters. The number of hydrogen-bond acceptors (Lipinski definition) is 3. The van der Waals surface area contributed by atoms with Crippen molar-refractivity contribution in [2.75, 3.05) is 0 Å². The monoisotopic (exact) mass is 324 g/mol. The van der Waals surface area contributed by atoms with Crippen molar-refractivity contribution in [3.8, 4) is 0 Å². The highest BCUT2D eigenvalue weighted by atomic mass is 79.9. The van der Waals surface area contributed by atoms with Crippen molar-refractivity contribution in [3.05, 3.63) is 58.3 Å². The van der Waals surface area contributed by atoms with Crippen LogP contribution in [-0.2, 0) is 11.2 Å². The number of halogens is 2. The summed E-state index contributed by atoms with van der Waals surface area (Å²) in [6.07, 6.45) is 3.05. The molecule has 0 amide bonds. The van der Waals surface area contributed by atoms with Gasteiger partial charge in [0.1, 0.15) is 18.1 Å². The molecule has 98 valence electrons. The smallest absolute Gasteiger partial charge is 0.312 e. The third kappa shape index (κ3) is 3.35. The Bertz CT molecular complexity index is 589. The summed E-state index contributed by atoms with van der Waals surface area (Å²) in [5.41, 5.74) is 1.14. The van der Waals surface area contributed by atoms with Gasteiger partial charge < -0.3 is 5.11 Å².